The number of hydrogen-bond acceptors (Lipinski definition) is 6. The first-order valence-electron chi connectivity index (χ1n) is 34.7. The Labute approximate surface area is 502 Å². The molecule has 0 heterocycles. The van der Waals surface area contributed by atoms with Gasteiger partial charge in [-0.2, -0.15) is 0 Å². The molecule has 81 heavy (non-hydrogen) atoms. The lowest BCUT2D eigenvalue weighted by atomic mass is 10.0. The quantitative estimate of drug-likeness (QED) is 0.0261. The lowest BCUT2D eigenvalue weighted by Crippen LogP contribution is -2.30. The molecule has 0 aliphatic rings. The highest BCUT2D eigenvalue weighted by Crippen LogP contribution is 2.17. The minimum Gasteiger partial charge on any atom is -0.462 e. The molecule has 0 radical (unpaired) electrons. The molecule has 6 heteroatoms. The van der Waals surface area contributed by atoms with Crippen molar-refractivity contribution < 1.29 is 28.6 Å². The maximum absolute atomic E-state index is 12.9. The molecule has 0 amide bonds. The number of allylic oxidation sites excluding steroid dienone is 16. The summed E-state index contributed by atoms with van der Waals surface area (Å²) >= 11 is 0. The van der Waals surface area contributed by atoms with Crippen molar-refractivity contribution in [1.29, 1.82) is 0 Å². The predicted molar refractivity (Wildman–Crippen MR) is 353 cm³/mol. The molecule has 0 saturated heterocycles. The summed E-state index contributed by atoms with van der Waals surface area (Å²) < 4.78 is 16.9. The molecule has 0 fully saturated rings. The predicted octanol–water partition coefficient (Wildman–Crippen LogP) is 24.0. The van der Waals surface area contributed by atoms with E-state index in [1.54, 1.807) is 0 Å². The van der Waals surface area contributed by atoms with Gasteiger partial charge in [0.2, 0.25) is 0 Å². The highest BCUT2D eigenvalue weighted by molar-refractivity contribution is 5.71. The van der Waals surface area contributed by atoms with Gasteiger partial charge in [-0.1, -0.05) is 317 Å². The fourth-order valence-electron chi connectivity index (χ4n) is 9.89. The van der Waals surface area contributed by atoms with Crippen LogP contribution in [0, 0.1) is 0 Å². The zero-order valence-electron chi connectivity index (χ0n) is 53.5. The van der Waals surface area contributed by atoms with Crippen LogP contribution in [-0.4, -0.2) is 37.2 Å². The molecule has 0 aromatic carbocycles. The molecule has 1 unspecified atom stereocenters. The van der Waals surface area contributed by atoms with Gasteiger partial charge in [-0.25, -0.2) is 0 Å². The molecule has 0 aliphatic heterocycles. The molecule has 6 nitrogen and oxygen atoms in total. The third kappa shape index (κ3) is 67.0. The van der Waals surface area contributed by atoms with Crippen molar-refractivity contribution in [1.82, 2.24) is 0 Å². The van der Waals surface area contributed by atoms with E-state index in [9.17, 15) is 14.4 Å². The fourth-order valence-corrected chi connectivity index (χ4v) is 9.89. The lowest BCUT2D eigenvalue weighted by molar-refractivity contribution is -0.167. The van der Waals surface area contributed by atoms with Gasteiger partial charge in [0.25, 0.3) is 0 Å². The van der Waals surface area contributed by atoms with Crippen LogP contribution in [0.4, 0.5) is 0 Å². The summed E-state index contributed by atoms with van der Waals surface area (Å²) in [6.07, 6.45) is 93.0. The van der Waals surface area contributed by atoms with Crippen LogP contribution in [0.1, 0.15) is 342 Å². The summed E-state index contributed by atoms with van der Waals surface area (Å²) in [6.45, 7) is 6.52. The maximum Gasteiger partial charge on any atom is 0.306 e. The van der Waals surface area contributed by atoms with Crippen LogP contribution in [0.15, 0.2) is 97.2 Å². The minimum absolute atomic E-state index is 0.0770. The monoisotopic (exact) mass is 1130 g/mol. The second-order valence-electron chi connectivity index (χ2n) is 23.1. The highest BCUT2D eigenvalue weighted by atomic mass is 16.6. The van der Waals surface area contributed by atoms with Gasteiger partial charge in [-0.05, 0) is 103 Å². The number of hydrogen-bond donors (Lipinski definition) is 0. The van der Waals surface area contributed by atoms with Crippen molar-refractivity contribution in [2.45, 2.75) is 348 Å². The molecular formula is C75H130O6. The van der Waals surface area contributed by atoms with Gasteiger partial charge in [0.1, 0.15) is 13.2 Å². The Morgan fingerprint density at radius 1 is 0.259 bits per heavy atom. The van der Waals surface area contributed by atoms with Gasteiger partial charge in [0.15, 0.2) is 6.10 Å². The average molecular weight is 1130 g/mol. The van der Waals surface area contributed by atoms with Crippen molar-refractivity contribution in [3.8, 4) is 0 Å². The van der Waals surface area contributed by atoms with Gasteiger partial charge >= 0.3 is 17.9 Å². The van der Waals surface area contributed by atoms with Crippen LogP contribution < -0.4 is 0 Å². The van der Waals surface area contributed by atoms with Crippen molar-refractivity contribution >= 4 is 17.9 Å². The molecule has 0 aromatic heterocycles. The van der Waals surface area contributed by atoms with Crippen LogP contribution >= 0.6 is 0 Å². The molecule has 0 N–H and O–H groups in total. The third-order valence-corrected chi connectivity index (χ3v) is 15.1. The maximum atomic E-state index is 12.9. The molecule has 0 spiro atoms. The van der Waals surface area contributed by atoms with Gasteiger partial charge < -0.3 is 14.2 Å². The standard InChI is InChI=1S/C75H130O6/c1-4-7-10-13-16-19-21-23-25-27-29-31-33-35-36-37-38-40-41-43-45-47-49-51-53-56-59-62-65-68-74(77)80-71-72(70-79-73(76)67-64-61-58-55-18-15-12-9-6-3)81-75(78)69-66-63-60-57-54-52-50-48-46-44-42-39-34-32-30-28-26-24-22-20-17-14-11-8-5-2/h8,11,17,20-21,23-24,26-27,29-30,32-33,35,39,42,72H,4-7,9-10,12-16,18-19,22,25,28,31,34,36-38,40-41,43-71H2,1-3H3/b11-8-,20-17-,23-21-,26-24-,29-27-,32-30-,35-33-,42-39-. The van der Waals surface area contributed by atoms with E-state index < -0.39 is 6.10 Å². The first kappa shape index (κ1) is 77.3. The summed E-state index contributed by atoms with van der Waals surface area (Å²) in [5.41, 5.74) is 0. The molecule has 0 aliphatic carbocycles. The van der Waals surface area contributed by atoms with Crippen LogP contribution in [0.25, 0.3) is 0 Å². The second-order valence-corrected chi connectivity index (χ2v) is 23.1. The Hall–Kier alpha value is -3.67. The van der Waals surface area contributed by atoms with E-state index in [1.165, 1.54) is 193 Å². The van der Waals surface area contributed by atoms with Crippen molar-refractivity contribution in [3.05, 3.63) is 97.2 Å². The molecular weight excluding hydrogens is 997 g/mol. The number of carbonyl (C=O) groups excluding carboxylic acids is 3. The lowest BCUT2D eigenvalue weighted by Gasteiger charge is -2.18. The van der Waals surface area contributed by atoms with Gasteiger partial charge in [-0.15, -0.1) is 0 Å². The Morgan fingerprint density at radius 3 is 0.753 bits per heavy atom. The Kier molecular flexibility index (Phi) is 65.7. The van der Waals surface area contributed by atoms with Crippen LogP contribution in [0.5, 0.6) is 0 Å². The van der Waals surface area contributed by atoms with Crippen LogP contribution in [-0.2, 0) is 28.6 Å². The zero-order chi connectivity index (χ0) is 58.5. The summed E-state index contributed by atoms with van der Waals surface area (Å²) in [4.78, 5) is 38.3. The Morgan fingerprint density at radius 2 is 0.481 bits per heavy atom. The molecule has 0 bridgehead atoms. The SMILES string of the molecule is CC/C=C\C/C=C\C/C=C\C/C=C\C/C=C\CCCCCCCCCCCC(=O)OC(COC(=O)CCCCCCCCCCC)COC(=O)CCCCCCCCCCCCCCCC/C=C\C/C=C\C/C=C\CCCCCCC. The fraction of sp³-hybridized carbons (Fsp3) is 0.747. The highest BCUT2D eigenvalue weighted by Gasteiger charge is 2.19. The Balaban J connectivity index is 4.17. The number of unbranched alkanes of at least 4 members (excludes halogenated alkanes) is 36. The van der Waals surface area contributed by atoms with Crippen LogP contribution in [0.2, 0.25) is 0 Å². The van der Waals surface area contributed by atoms with Crippen molar-refractivity contribution in [2.24, 2.45) is 0 Å². The third-order valence-electron chi connectivity index (χ3n) is 15.1. The summed E-state index contributed by atoms with van der Waals surface area (Å²) in [7, 11) is 0. The molecule has 466 valence electrons. The van der Waals surface area contributed by atoms with E-state index in [0.29, 0.717) is 19.3 Å². The van der Waals surface area contributed by atoms with Gasteiger partial charge in [0.05, 0.1) is 0 Å². The van der Waals surface area contributed by atoms with E-state index >= 15 is 0 Å². The zero-order valence-corrected chi connectivity index (χ0v) is 53.5. The normalized spacial score (nSPS) is 12.7. The van der Waals surface area contributed by atoms with E-state index in [-0.39, 0.29) is 31.1 Å². The van der Waals surface area contributed by atoms with Crippen LogP contribution in [0.3, 0.4) is 0 Å². The number of esters is 3. The summed E-state index contributed by atoms with van der Waals surface area (Å²) in [5, 5.41) is 0. The smallest absolute Gasteiger partial charge is 0.306 e. The largest absolute Gasteiger partial charge is 0.462 e. The second kappa shape index (κ2) is 68.8. The molecule has 0 rings (SSSR count). The number of carbonyl (C=O) groups is 3. The van der Waals surface area contributed by atoms with Gasteiger partial charge in [-0.3, -0.25) is 14.4 Å². The average Bonchev–Trinajstić information content (AvgIpc) is 3.47. The van der Waals surface area contributed by atoms with E-state index in [0.717, 1.165) is 109 Å². The van der Waals surface area contributed by atoms with E-state index in [2.05, 4.69) is 118 Å². The van der Waals surface area contributed by atoms with Crippen molar-refractivity contribution in [2.75, 3.05) is 13.2 Å². The topological polar surface area (TPSA) is 78.9 Å². The summed E-state index contributed by atoms with van der Waals surface area (Å²) in [5.74, 6) is -0.873. The Bertz CT molecular complexity index is 1580. The summed E-state index contributed by atoms with van der Waals surface area (Å²) in [6, 6.07) is 0. The van der Waals surface area contributed by atoms with E-state index in [4.69, 9.17) is 14.2 Å². The minimum atomic E-state index is -0.780. The van der Waals surface area contributed by atoms with Gasteiger partial charge in [0, 0.05) is 19.3 Å². The molecule has 1 atom stereocenters. The molecule has 0 aromatic rings. The number of rotatable bonds is 63. The number of ether oxygens (including phenoxy) is 3. The van der Waals surface area contributed by atoms with Crippen molar-refractivity contribution in [3.63, 3.8) is 0 Å². The first-order chi connectivity index (χ1) is 40.0. The molecule has 0 saturated carbocycles. The van der Waals surface area contributed by atoms with E-state index in [1.807, 2.05) is 0 Å². The first-order valence-corrected chi connectivity index (χ1v) is 34.7.